The minimum atomic E-state index is -0.0244. The fraction of sp³-hybridized carbons (Fsp3) is 0.286. The molecule has 438 valence electrons. The Bertz CT molecular complexity index is 4280. The van der Waals surface area contributed by atoms with Gasteiger partial charge in [-0.1, -0.05) is 175 Å². The first kappa shape index (κ1) is 53.5. The summed E-state index contributed by atoms with van der Waals surface area (Å²) in [4.78, 5) is 6.08. The first-order valence-electron chi connectivity index (χ1n) is 34.4. The Morgan fingerprint density at radius 2 is 0.787 bits per heavy atom. The molecule has 10 aromatic rings. The Morgan fingerprint density at radius 1 is 0.348 bits per heavy atom. The van der Waals surface area contributed by atoms with E-state index in [9.17, 15) is 0 Å². The Hall–Kier alpha value is -8.54. The number of anilines is 4. The predicted octanol–water partition coefficient (Wildman–Crippen LogP) is 20.1. The molecule has 0 radical (unpaired) electrons. The van der Waals surface area contributed by atoms with E-state index in [2.05, 4.69) is 243 Å². The molecule has 0 N–H and O–H groups in total. The molecule has 18 rings (SSSR count). The van der Waals surface area contributed by atoms with Crippen molar-refractivity contribution in [1.82, 2.24) is 9.13 Å². The third kappa shape index (κ3) is 8.75. The molecule has 89 heavy (non-hydrogen) atoms. The number of allylic oxidation sites excluding steroid dienone is 8. The zero-order valence-electron chi connectivity index (χ0n) is 51.4. The maximum atomic E-state index is 3.04. The van der Waals surface area contributed by atoms with Gasteiger partial charge >= 0.3 is 0 Å². The lowest BCUT2D eigenvalue weighted by Gasteiger charge is -2.53. The number of nitrogens with zero attached hydrogens (tertiary/aromatic N) is 4. The normalized spacial score (nSPS) is 23.3. The molecular formula is C84H79BN4. The van der Waals surface area contributed by atoms with E-state index in [0.717, 1.165) is 38.5 Å². The molecule has 0 spiro atoms. The lowest BCUT2D eigenvalue weighted by atomic mass is 9.33. The first-order valence-corrected chi connectivity index (χ1v) is 34.4. The van der Waals surface area contributed by atoms with Crippen molar-refractivity contribution in [2.45, 2.75) is 128 Å². The minimum absolute atomic E-state index is 0.0244. The predicted molar refractivity (Wildman–Crippen MR) is 378 cm³/mol. The second-order valence-corrected chi connectivity index (χ2v) is 27.4. The van der Waals surface area contributed by atoms with Gasteiger partial charge in [-0.3, -0.25) is 0 Å². The van der Waals surface area contributed by atoms with Gasteiger partial charge in [-0.25, -0.2) is 0 Å². The van der Waals surface area contributed by atoms with Crippen LogP contribution < -0.4 is 26.2 Å². The average molecular weight is 1160 g/mol. The zero-order valence-corrected chi connectivity index (χ0v) is 51.4. The molecule has 0 bridgehead atoms. The summed E-state index contributed by atoms with van der Waals surface area (Å²) in [6.45, 7) is -0.0244. The van der Waals surface area contributed by atoms with Crippen molar-refractivity contribution in [3.05, 3.63) is 247 Å². The van der Waals surface area contributed by atoms with Crippen molar-refractivity contribution in [3.8, 4) is 22.5 Å². The number of aromatic nitrogens is 2. The number of benzene rings is 8. The molecular weight excluding hydrogens is 1080 g/mol. The number of fused-ring (bicyclic) bond motifs is 10. The maximum Gasteiger partial charge on any atom is 0.252 e. The van der Waals surface area contributed by atoms with E-state index < -0.39 is 0 Å². The Labute approximate surface area is 526 Å². The van der Waals surface area contributed by atoms with Gasteiger partial charge in [-0.15, -0.1) is 0 Å². The number of rotatable bonds is 9. The zero-order chi connectivity index (χ0) is 58.5. The molecule has 6 unspecified atom stereocenters. The van der Waals surface area contributed by atoms with Gasteiger partial charge in [0.2, 0.25) is 0 Å². The van der Waals surface area contributed by atoms with Crippen LogP contribution in [0.25, 0.3) is 66.1 Å². The van der Waals surface area contributed by atoms with Crippen LogP contribution in [0, 0.1) is 23.7 Å². The molecule has 6 atom stereocenters. The van der Waals surface area contributed by atoms with Crippen LogP contribution in [-0.2, 0) is 0 Å². The largest absolute Gasteiger partial charge is 0.334 e. The van der Waals surface area contributed by atoms with Crippen LogP contribution in [0.2, 0.25) is 0 Å². The minimum Gasteiger partial charge on any atom is -0.334 e. The van der Waals surface area contributed by atoms with E-state index >= 15 is 0 Å². The molecule has 2 aromatic heterocycles. The summed E-state index contributed by atoms with van der Waals surface area (Å²) >= 11 is 0. The van der Waals surface area contributed by atoms with E-state index in [1.54, 1.807) is 22.3 Å². The molecule has 0 fully saturated rings. The molecule has 0 saturated heterocycles. The monoisotopic (exact) mass is 1150 g/mol. The first-order chi connectivity index (χ1) is 44.2. The van der Waals surface area contributed by atoms with Crippen LogP contribution in [-0.4, -0.2) is 27.9 Å². The third-order valence-electron chi connectivity index (χ3n) is 22.7. The molecule has 0 amide bonds. The summed E-state index contributed by atoms with van der Waals surface area (Å²) in [6.07, 6.45) is 42.4. The molecule has 8 aromatic carbocycles. The van der Waals surface area contributed by atoms with Crippen molar-refractivity contribution in [2.75, 3.05) is 9.80 Å². The SMILES string of the molecule is C1=CCC(C2=CCCC(C3=CCCCC3)C2N2c3cc(-n4c5ccccc5c5ccccc54)ccc3B3c4ccc(-n5c6ccccc6c6ccccc65)cc4N(C4C(C5CC=CCC5)=CCCC4C4=CCCCC4)c4cc(-c5ccccc5)cc2c43)CC1. The highest BCUT2D eigenvalue weighted by Crippen LogP contribution is 2.53. The Morgan fingerprint density at radius 3 is 1.20 bits per heavy atom. The summed E-state index contributed by atoms with van der Waals surface area (Å²) < 4.78 is 5.17. The van der Waals surface area contributed by atoms with Crippen molar-refractivity contribution in [3.63, 3.8) is 0 Å². The van der Waals surface area contributed by atoms with E-state index in [0.29, 0.717) is 23.7 Å². The van der Waals surface area contributed by atoms with Crippen LogP contribution in [0.1, 0.15) is 116 Å². The van der Waals surface area contributed by atoms with Crippen LogP contribution >= 0.6 is 0 Å². The second kappa shape index (κ2) is 22.2. The van der Waals surface area contributed by atoms with E-state index in [1.807, 2.05) is 0 Å². The third-order valence-corrected chi connectivity index (χ3v) is 22.7. The molecule has 4 heterocycles. The van der Waals surface area contributed by atoms with Crippen LogP contribution in [0.3, 0.4) is 0 Å². The fourth-order valence-electron chi connectivity index (χ4n) is 18.8. The topological polar surface area (TPSA) is 16.3 Å². The quantitative estimate of drug-likeness (QED) is 0.106. The lowest BCUT2D eigenvalue weighted by Crippen LogP contribution is -2.65. The number of para-hydroxylation sites is 4. The van der Waals surface area contributed by atoms with Crippen molar-refractivity contribution >= 4 is 89.5 Å². The summed E-state index contributed by atoms with van der Waals surface area (Å²) in [7, 11) is 0. The highest BCUT2D eigenvalue weighted by molar-refractivity contribution is 7.00. The standard InChI is InChI=1S/C84H79BN4/c1-6-26-56(27-7-1)61-52-80-82-81(53-61)89(84-66(59-32-12-4-13-33-59)42-25-43-67(84)60-34-14-5-15-35-60)79-55-63(87-76-46-22-18-38-70(76)71-39-19-23-47-77(71)87)49-51-73(79)85(82)72-50-48-62(86-74-44-20-16-36-68(74)69-37-17-21-45-75(69)86)54-78(72)88(80)83-64(57-28-8-2-9-29-57)40-24-41-65(83)58-30-10-3-11-31-58/h1-2,4,6-8,12,16-23,26-27,30,34,36-40,42,44-55,57,59,65,67,83-84H,3,5,9-11,13-15,24-25,28-29,31-33,35,41,43H2. The van der Waals surface area contributed by atoms with Crippen LogP contribution in [0.4, 0.5) is 22.7 Å². The molecule has 6 aliphatic carbocycles. The van der Waals surface area contributed by atoms with E-state index in [4.69, 9.17) is 0 Å². The van der Waals surface area contributed by atoms with Gasteiger partial charge in [0, 0.05) is 67.5 Å². The van der Waals surface area contributed by atoms with Crippen molar-refractivity contribution < 1.29 is 0 Å². The summed E-state index contributed by atoms with van der Waals surface area (Å²) in [5, 5.41) is 5.20. The summed E-state index contributed by atoms with van der Waals surface area (Å²) in [6, 6.07) is 69.3. The Kier molecular flexibility index (Phi) is 13.3. The fourth-order valence-corrected chi connectivity index (χ4v) is 18.8. The number of hydrogen-bond donors (Lipinski definition) is 0. The van der Waals surface area contributed by atoms with Gasteiger partial charge in [-0.05, 0) is 227 Å². The van der Waals surface area contributed by atoms with Crippen LogP contribution in [0.5, 0.6) is 0 Å². The number of hydrogen-bond acceptors (Lipinski definition) is 2. The molecule has 8 aliphatic rings. The van der Waals surface area contributed by atoms with Crippen molar-refractivity contribution in [2.24, 2.45) is 23.7 Å². The van der Waals surface area contributed by atoms with Crippen LogP contribution in [0.15, 0.2) is 247 Å². The highest BCUT2D eigenvalue weighted by atomic mass is 15.2. The van der Waals surface area contributed by atoms with Gasteiger partial charge in [0.25, 0.3) is 6.71 Å². The molecule has 0 saturated carbocycles. The van der Waals surface area contributed by atoms with E-state index in [1.165, 1.54) is 182 Å². The smallest absolute Gasteiger partial charge is 0.252 e. The van der Waals surface area contributed by atoms with Gasteiger partial charge in [-0.2, -0.15) is 0 Å². The molecule has 5 heteroatoms. The molecule has 4 nitrogen and oxygen atoms in total. The van der Waals surface area contributed by atoms with E-state index in [-0.39, 0.29) is 18.8 Å². The van der Waals surface area contributed by atoms with Gasteiger partial charge in [0.1, 0.15) is 0 Å². The van der Waals surface area contributed by atoms with Gasteiger partial charge in [0.05, 0.1) is 34.2 Å². The van der Waals surface area contributed by atoms with Gasteiger partial charge < -0.3 is 18.9 Å². The lowest BCUT2D eigenvalue weighted by molar-refractivity contribution is 0.391. The second-order valence-electron chi connectivity index (χ2n) is 27.4. The highest BCUT2D eigenvalue weighted by Gasteiger charge is 2.51. The average Bonchev–Trinajstić information content (AvgIpc) is 1.28. The summed E-state index contributed by atoms with van der Waals surface area (Å²) in [5.41, 5.74) is 26.7. The molecule has 2 aliphatic heterocycles. The maximum absolute atomic E-state index is 3.04. The van der Waals surface area contributed by atoms with Crippen molar-refractivity contribution in [1.29, 1.82) is 0 Å². The van der Waals surface area contributed by atoms with Gasteiger partial charge in [0.15, 0.2) is 0 Å². The summed E-state index contributed by atoms with van der Waals surface area (Å²) in [5.74, 6) is 1.78. The Balaban J connectivity index is 0.969.